The summed E-state index contributed by atoms with van der Waals surface area (Å²) < 4.78 is 23.4. The lowest BCUT2D eigenvalue weighted by Crippen LogP contribution is -2.42. The minimum atomic E-state index is -3.88. The fourth-order valence-electron chi connectivity index (χ4n) is 4.58. The van der Waals surface area contributed by atoms with E-state index in [4.69, 9.17) is 22.5 Å². The van der Waals surface area contributed by atoms with E-state index >= 15 is 0 Å². The molecule has 2 aliphatic rings. The van der Waals surface area contributed by atoms with Gasteiger partial charge in [-0.05, 0) is 53.8 Å². The number of carbonyl (C=O) groups is 1. The Morgan fingerprint density at radius 3 is 2.24 bits per heavy atom. The highest BCUT2D eigenvalue weighted by Crippen LogP contribution is 2.50. The quantitative estimate of drug-likeness (QED) is 0.681. The first-order valence-corrected chi connectivity index (χ1v) is 12.2. The molecule has 0 radical (unpaired) electrons. The first-order valence-electron chi connectivity index (χ1n) is 10.3. The average Bonchev–Trinajstić information content (AvgIpc) is 2.72. The number of hydrogen-bond acceptors (Lipinski definition) is 6. The van der Waals surface area contributed by atoms with Gasteiger partial charge in [-0.25, -0.2) is 13.6 Å². The zero-order valence-electron chi connectivity index (χ0n) is 18.2. The predicted octanol–water partition coefficient (Wildman–Crippen LogP) is 3.93. The van der Waals surface area contributed by atoms with E-state index in [9.17, 15) is 18.5 Å². The van der Waals surface area contributed by atoms with Crippen LogP contribution in [0.15, 0.2) is 76.1 Å². The van der Waals surface area contributed by atoms with Gasteiger partial charge in [-0.3, -0.25) is 9.69 Å². The van der Waals surface area contributed by atoms with Crippen molar-refractivity contribution < 1.29 is 13.2 Å². The van der Waals surface area contributed by atoms with E-state index in [-0.39, 0.29) is 27.5 Å². The molecule has 1 aliphatic heterocycles. The van der Waals surface area contributed by atoms with Gasteiger partial charge >= 0.3 is 0 Å². The Balaban J connectivity index is 1.96. The Hall–Kier alpha value is -3.12. The maximum Gasteiger partial charge on any atom is 0.238 e. The van der Waals surface area contributed by atoms with Crippen LogP contribution in [0.4, 0.5) is 5.69 Å². The predicted molar refractivity (Wildman–Crippen MR) is 126 cm³/mol. The third-order valence-electron chi connectivity index (χ3n) is 6.01. The zero-order valence-corrected chi connectivity index (χ0v) is 19.7. The summed E-state index contributed by atoms with van der Waals surface area (Å²) in [4.78, 5) is 15.2. The molecule has 0 amide bonds. The number of ketones is 1. The number of primary sulfonamides is 1. The molecule has 1 atom stereocenters. The van der Waals surface area contributed by atoms with Crippen molar-refractivity contribution in [2.45, 2.75) is 37.5 Å². The lowest BCUT2D eigenvalue weighted by Gasteiger charge is -2.43. The molecule has 0 saturated carbocycles. The second-order valence-corrected chi connectivity index (χ2v) is 11.1. The van der Waals surface area contributed by atoms with Gasteiger partial charge < -0.3 is 5.73 Å². The molecule has 7 nitrogen and oxygen atoms in total. The Morgan fingerprint density at radius 1 is 1.09 bits per heavy atom. The normalized spacial score (nSPS) is 20.5. The lowest BCUT2D eigenvalue weighted by molar-refractivity contribution is -0.118. The number of benzene rings is 2. The first-order chi connectivity index (χ1) is 15.4. The maximum absolute atomic E-state index is 13.5. The highest BCUT2D eigenvalue weighted by Gasteiger charge is 2.44. The van der Waals surface area contributed by atoms with Gasteiger partial charge in [0.25, 0.3) is 0 Å². The molecule has 1 heterocycles. The molecule has 33 heavy (non-hydrogen) atoms. The number of Topliss-reactive ketones (excluding diaryl/α,β-unsaturated/α-hetero) is 1. The number of carbonyl (C=O) groups excluding carboxylic acids is 1. The van der Waals surface area contributed by atoms with Crippen molar-refractivity contribution in [2.24, 2.45) is 16.3 Å². The van der Waals surface area contributed by atoms with Crippen molar-refractivity contribution >= 4 is 33.1 Å². The Morgan fingerprint density at radius 2 is 1.70 bits per heavy atom. The standard InChI is InChI=1S/C24H23ClN4O3S/c1-24(2)11-19-22(20(30)12-24)21(14-3-9-17(10-4-14)33(28,31)32)18(13-26)23(27)29(19)16-7-5-15(25)6-8-16/h3-10,21H,11-12,27H2,1-2H3,(H2,28,31,32). The van der Waals surface area contributed by atoms with Gasteiger partial charge in [0.05, 0.1) is 22.5 Å². The highest BCUT2D eigenvalue weighted by molar-refractivity contribution is 7.89. The van der Waals surface area contributed by atoms with Crippen molar-refractivity contribution in [3.05, 3.63) is 81.8 Å². The summed E-state index contributed by atoms with van der Waals surface area (Å²) >= 11 is 6.06. The SMILES string of the molecule is CC1(C)CC(=O)C2=C(C1)N(c1ccc(Cl)cc1)C(N)=C(C#N)C2c1ccc(S(N)(=O)=O)cc1. The molecule has 1 unspecified atom stereocenters. The molecule has 0 bridgehead atoms. The Bertz CT molecular complexity index is 1350. The second kappa shape index (κ2) is 8.03. The van der Waals surface area contributed by atoms with Crippen LogP contribution >= 0.6 is 11.6 Å². The molecule has 2 aromatic rings. The number of nitriles is 1. The molecule has 1 aliphatic carbocycles. The maximum atomic E-state index is 13.5. The zero-order chi connectivity index (χ0) is 24.1. The summed E-state index contributed by atoms with van der Waals surface area (Å²) in [7, 11) is -3.88. The van der Waals surface area contributed by atoms with Crippen molar-refractivity contribution in [1.29, 1.82) is 5.26 Å². The summed E-state index contributed by atoms with van der Waals surface area (Å²) in [5, 5.41) is 15.9. The third kappa shape index (κ3) is 4.15. The number of anilines is 1. The van der Waals surface area contributed by atoms with Crippen molar-refractivity contribution in [2.75, 3.05) is 4.90 Å². The monoisotopic (exact) mass is 482 g/mol. The number of sulfonamides is 1. The van der Waals surface area contributed by atoms with Crippen molar-refractivity contribution in [3.8, 4) is 6.07 Å². The molecule has 0 aromatic heterocycles. The van der Waals surface area contributed by atoms with Gasteiger partial charge in [0.15, 0.2) is 5.78 Å². The van der Waals surface area contributed by atoms with E-state index in [1.807, 2.05) is 13.8 Å². The van der Waals surface area contributed by atoms with Crippen molar-refractivity contribution in [3.63, 3.8) is 0 Å². The van der Waals surface area contributed by atoms with Crippen LogP contribution in [-0.4, -0.2) is 14.2 Å². The van der Waals surface area contributed by atoms with Gasteiger partial charge in [-0.15, -0.1) is 0 Å². The number of hydrogen-bond donors (Lipinski definition) is 2. The topological polar surface area (TPSA) is 130 Å². The summed E-state index contributed by atoms with van der Waals surface area (Å²) in [6, 6.07) is 15.1. The van der Waals surface area contributed by atoms with Gasteiger partial charge in [-0.2, -0.15) is 5.26 Å². The number of nitrogens with zero attached hydrogens (tertiary/aromatic N) is 2. The smallest absolute Gasteiger partial charge is 0.238 e. The van der Waals surface area contributed by atoms with Gasteiger partial charge in [0.1, 0.15) is 5.82 Å². The van der Waals surface area contributed by atoms with Crippen LogP contribution in [0.1, 0.15) is 38.2 Å². The van der Waals surface area contributed by atoms with Gasteiger partial charge in [0, 0.05) is 28.4 Å². The number of rotatable bonds is 3. The van der Waals surface area contributed by atoms with Crippen LogP contribution in [-0.2, 0) is 14.8 Å². The Kier molecular flexibility index (Phi) is 5.61. The lowest BCUT2D eigenvalue weighted by atomic mass is 9.68. The third-order valence-corrected chi connectivity index (χ3v) is 7.19. The molecule has 2 aromatic carbocycles. The average molecular weight is 483 g/mol. The first kappa shape index (κ1) is 23.1. The van der Waals surface area contributed by atoms with E-state index in [0.717, 1.165) is 5.70 Å². The van der Waals surface area contributed by atoms with E-state index < -0.39 is 15.9 Å². The molecule has 0 spiro atoms. The molecule has 0 saturated heterocycles. The van der Waals surface area contributed by atoms with Crippen LogP contribution in [0, 0.1) is 16.7 Å². The second-order valence-electron chi connectivity index (χ2n) is 9.07. The number of nitrogens with two attached hydrogens (primary N) is 2. The summed E-state index contributed by atoms with van der Waals surface area (Å²) in [5.41, 5.74) is 9.01. The molecule has 4 rings (SSSR count). The molecule has 170 valence electrons. The minimum Gasteiger partial charge on any atom is -0.384 e. The van der Waals surface area contributed by atoms with Gasteiger partial charge in [-0.1, -0.05) is 37.6 Å². The summed E-state index contributed by atoms with van der Waals surface area (Å²) in [6.07, 6.45) is 0.895. The number of allylic oxidation sites excluding steroid dienone is 3. The summed E-state index contributed by atoms with van der Waals surface area (Å²) in [5.74, 6) is -0.544. The molecular weight excluding hydrogens is 460 g/mol. The van der Waals surface area contributed by atoms with Crippen LogP contribution in [0.3, 0.4) is 0 Å². The van der Waals surface area contributed by atoms with Crippen LogP contribution in [0.5, 0.6) is 0 Å². The minimum absolute atomic E-state index is 0.0504. The van der Waals surface area contributed by atoms with E-state index in [1.165, 1.54) is 12.1 Å². The Labute approximate surface area is 198 Å². The van der Waals surface area contributed by atoms with Crippen LogP contribution < -0.4 is 15.8 Å². The van der Waals surface area contributed by atoms with E-state index in [0.29, 0.717) is 34.7 Å². The highest BCUT2D eigenvalue weighted by atomic mass is 35.5. The van der Waals surface area contributed by atoms with E-state index in [2.05, 4.69) is 6.07 Å². The molecular formula is C24H23ClN4O3S. The number of halogens is 1. The van der Waals surface area contributed by atoms with Gasteiger partial charge in [0.2, 0.25) is 10.0 Å². The molecule has 0 fully saturated rings. The molecule has 9 heteroatoms. The van der Waals surface area contributed by atoms with E-state index in [1.54, 1.807) is 41.3 Å². The van der Waals surface area contributed by atoms with Crippen molar-refractivity contribution in [1.82, 2.24) is 0 Å². The van der Waals surface area contributed by atoms with Crippen LogP contribution in [0.25, 0.3) is 0 Å². The van der Waals surface area contributed by atoms with Crippen LogP contribution in [0.2, 0.25) is 5.02 Å². The molecule has 4 N–H and O–H groups in total. The summed E-state index contributed by atoms with van der Waals surface area (Å²) in [6.45, 7) is 4.04. The fourth-order valence-corrected chi connectivity index (χ4v) is 5.22. The fraction of sp³-hybridized carbons (Fsp3) is 0.250. The largest absolute Gasteiger partial charge is 0.384 e.